The Morgan fingerprint density at radius 3 is 2.71 bits per heavy atom. The summed E-state index contributed by atoms with van der Waals surface area (Å²) in [6.07, 6.45) is 1.52. The number of carbonyl (C=O) groups is 1. The Kier molecular flexibility index (Phi) is 2.40. The Bertz CT molecular complexity index is 452. The maximum absolute atomic E-state index is 13.0. The van der Waals surface area contributed by atoms with Gasteiger partial charge in [0.05, 0.1) is 12.0 Å². The third-order valence-corrected chi connectivity index (χ3v) is 3.62. The summed E-state index contributed by atoms with van der Waals surface area (Å²) < 4.78 is 19.0. The van der Waals surface area contributed by atoms with Gasteiger partial charge in [0.25, 0.3) is 0 Å². The van der Waals surface area contributed by atoms with Gasteiger partial charge in [0.2, 0.25) is 0 Å². The molecule has 0 bridgehead atoms. The Balaban J connectivity index is 1.91. The topological polar surface area (TPSA) is 29.5 Å². The molecular formula is C13H14FNO2. The van der Waals surface area contributed by atoms with Crippen molar-refractivity contribution in [3.8, 4) is 5.75 Å². The summed E-state index contributed by atoms with van der Waals surface area (Å²) in [6.45, 7) is 0.685. The van der Waals surface area contributed by atoms with Crippen LogP contribution in [0.2, 0.25) is 0 Å². The van der Waals surface area contributed by atoms with Gasteiger partial charge in [-0.2, -0.15) is 0 Å². The molecule has 1 aromatic carbocycles. The number of hydrogen-bond acceptors (Lipinski definition) is 3. The molecule has 0 saturated carbocycles. The van der Waals surface area contributed by atoms with Crippen molar-refractivity contribution in [2.45, 2.75) is 24.9 Å². The summed E-state index contributed by atoms with van der Waals surface area (Å²) in [4.78, 5) is 12.1. The molecule has 2 aliphatic rings. The van der Waals surface area contributed by atoms with E-state index in [1.807, 2.05) is 18.2 Å². The summed E-state index contributed by atoms with van der Waals surface area (Å²) in [5, 5.41) is 0.791. The molecule has 3 rings (SSSR count). The van der Waals surface area contributed by atoms with Gasteiger partial charge in [-0.15, -0.1) is 9.60 Å². The molecule has 0 unspecified atom stereocenters. The highest BCUT2D eigenvalue weighted by molar-refractivity contribution is 6.00. The standard InChI is InChI=1S/C13H14FNO2/c14-15-7-5-13(6-8-15)9-11(16)10-3-1-2-4-12(10)17-13/h1-4H,5-9H2. The van der Waals surface area contributed by atoms with E-state index >= 15 is 0 Å². The Morgan fingerprint density at radius 2 is 1.94 bits per heavy atom. The fourth-order valence-corrected chi connectivity index (χ4v) is 2.61. The zero-order valence-corrected chi connectivity index (χ0v) is 9.49. The van der Waals surface area contributed by atoms with Gasteiger partial charge in [-0.1, -0.05) is 12.1 Å². The van der Waals surface area contributed by atoms with Crippen LogP contribution in [0.15, 0.2) is 24.3 Å². The van der Waals surface area contributed by atoms with Gasteiger partial charge in [0, 0.05) is 25.9 Å². The molecule has 1 aromatic rings. The fourth-order valence-electron chi connectivity index (χ4n) is 2.61. The van der Waals surface area contributed by atoms with Crippen LogP contribution in [0.4, 0.5) is 4.48 Å². The van der Waals surface area contributed by atoms with Crippen LogP contribution in [0.5, 0.6) is 5.75 Å². The SMILES string of the molecule is O=C1CC2(CCN(F)CC2)Oc2ccccc21. The van der Waals surface area contributed by atoms with Gasteiger partial charge >= 0.3 is 0 Å². The van der Waals surface area contributed by atoms with Crippen LogP contribution < -0.4 is 4.74 Å². The second kappa shape index (κ2) is 3.81. The van der Waals surface area contributed by atoms with Crippen LogP contribution in [0.25, 0.3) is 0 Å². The molecule has 90 valence electrons. The monoisotopic (exact) mass is 235 g/mol. The number of nitrogens with zero attached hydrogens (tertiary/aromatic N) is 1. The molecule has 2 aliphatic heterocycles. The first-order chi connectivity index (χ1) is 8.19. The first kappa shape index (κ1) is 10.7. The van der Waals surface area contributed by atoms with Crippen molar-refractivity contribution in [1.82, 2.24) is 5.12 Å². The molecule has 1 spiro atoms. The van der Waals surface area contributed by atoms with Crippen molar-refractivity contribution in [3.63, 3.8) is 0 Å². The molecule has 0 aromatic heterocycles. The van der Waals surface area contributed by atoms with E-state index in [2.05, 4.69) is 0 Å². The molecule has 0 N–H and O–H groups in total. The van der Waals surface area contributed by atoms with Gasteiger partial charge in [-0.3, -0.25) is 4.79 Å². The number of Topliss-reactive ketones (excluding diaryl/α,β-unsaturated/α-hetero) is 1. The average Bonchev–Trinajstić information content (AvgIpc) is 2.34. The van der Waals surface area contributed by atoms with Crippen molar-refractivity contribution in [1.29, 1.82) is 0 Å². The Hall–Kier alpha value is -1.42. The summed E-state index contributed by atoms with van der Waals surface area (Å²) in [7, 11) is 0. The molecule has 0 amide bonds. The number of fused-ring (bicyclic) bond motifs is 1. The largest absolute Gasteiger partial charge is 0.486 e. The van der Waals surface area contributed by atoms with Crippen molar-refractivity contribution >= 4 is 5.78 Å². The highest BCUT2D eigenvalue weighted by Gasteiger charge is 2.42. The maximum atomic E-state index is 13.0. The number of rotatable bonds is 0. The normalized spacial score (nSPS) is 23.2. The predicted octanol–water partition coefficient (Wildman–Crippen LogP) is 2.37. The summed E-state index contributed by atoms with van der Waals surface area (Å²) in [6, 6.07) is 7.29. The van der Waals surface area contributed by atoms with Crippen LogP contribution in [0.3, 0.4) is 0 Å². The molecule has 1 saturated heterocycles. The third-order valence-electron chi connectivity index (χ3n) is 3.62. The van der Waals surface area contributed by atoms with Crippen LogP contribution in [0, 0.1) is 0 Å². The van der Waals surface area contributed by atoms with E-state index in [4.69, 9.17) is 4.74 Å². The molecule has 0 aliphatic carbocycles. The summed E-state index contributed by atoms with van der Waals surface area (Å²) in [5.74, 6) is 0.759. The van der Waals surface area contributed by atoms with Crippen molar-refractivity contribution in [2.24, 2.45) is 0 Å². The van der Waals surface area contributed by atoms with Gasteiger partial charge in [0.1, 0.15) is 11.4 Å². The smallest absolute Gasteiger partial charge is 0.170 e. The predicted molar refractivity (Wildman–Crippen MR) is 60.7 cm³/mol. The lowest BCUT2D eigenvalue weighted by Crippen LogP contribution is -2.49. The van der Waals surface area contributed by atoms with E-state index < -0.39 is 5.60 Å². The molecular weight excluding hydrogens is 221 g/mol. The highest BCUT2D eigenvalue weighted by Crippen LogP contribution is 2.39. The number of benzene rings is 1. The molecule has 0 radical (unpaired) electrons. The lowest BCUT2D eigenvalue weighted by atomic mass is 9.83. The van der Waals surface area contributed by atoms with Crippen LogP contribution in [0.1, 0.15) is 29.6 Å². The number of halogens is 1. The van der Waals surface area contributed by atoms with Crippen LogP contribution in [-0.4, -0.2) is 29.6 Å². The lowest BCUT2D eigenvalue weighted by molar-refractivity contribution is -0.0729. The van der Waals surface area contributed by atoms with Gasteiger partial charge in [-0.05, 0) is 12.1 Å². The fraction of sp³-hybridized carbons (Fsp3) is 0.462. The zero-order valence-electron chi connectivity index (χ0n) is 9.49. The number of ether oxygens (including phenoxy) is 1. The first-order valence-corrected chi connectivity index (χ1v) is 5.91. The number of hydrogen-bond donors (Lipinski definition) is 0. The third kappa shape index (κ3) is 1.82. The van der Waals surface area contributed by atoms with Crippen molar-refractivity contribution < 1.29 is 14.0 Å². The van der Waals surface area contributed by atoms with Crippen molar-refractivity contribution in [3.05, 3.63) is 29.8 Å². The van der Waals surface area contributed by atoms with Gasteiger partial charge in [-0.25, -0.2) is 0 Å². The number of ketones is 1. The molecule has 2 heterocycles. The summed E-state index contributed by atoms with van der Waals surface area (Å²) in [5.41, 5.74) is 0.175. The highest BCUT2D eigenvalue weighted by atomic mass is 19.2. The minimum atomic E-state index is -0.478. The van der Waals surface area contributed by atoms with E-state index in [1.165, 1.54) is 0 Å². The van der Waals surface area contributed by atoms with Gasteiger partial charge in [0.15, 0.2) is 5.78 Å². The average molecular weight is 235 g/mol. The van der Waals surface area contributed by atoms with E-state index in [-0.39, 0.29) is 5.78 Å². The Morgan fingerprint density at radius 1 is 1.24 bits per heavy atom. The van der Waals surface area contributed by atoms with Crippen molar-refractivity contribution in [2.75, 3.05) is 13.1 Å². The molecule has 0 atom stereocenters. The molecule has 4 heteroatoms. The first-order valence-electron chi connectivity index (χ1n) is 5.91. The van der Waals surface area contributed by atoms with Gasteiger partial charge < -0.3 is 4.74 Å². The van der Waals surface area contributed by atoms with E-state index in [0.717, 1.165) is 5.12 Å². The second-order valence-corrected chi connectivity index (χ2v) is 4.79. The molecule has 17 heavy (non-hydrogen) atoms. The van der Waals surface area contributed by atoms with Crippen LogP contribution >= 0.6 is 0 Å². The van der Waals surface area contributed by atoms with Crippen LogP contribution in [-0.2, 0) is 0 Å². The number of carbonyl (C=O) groups excluding carboxylic acids is 1. The minimum Gasteiger partial charge on any atom is -0.486 e. The minimum absolute atomic E-state index is 0.110. The van der Waals surface area contributed by atoms with E-state index in [1.54, 1.807) is 6.07 Å². The zero-order chi connectivity index (χ0) is 11.9. The molecule has 3 nitrogen and oxygen atoms in total. The number of para-hydroxylation sites is 1. The summed E-state index contributed by atoms with van der Waals surface area (Å²) >= 11 is 0. The second-order valence-electron chi connectivity index (χ2n) is 4.79. The Labute approximate surface area is 99.1 Å². The molecule has 1 fully saturated rings. The lowest BCUT2D eigenvalue weighted by Gasteiger charge is -2.41. The maximum Gasteiger partial charge on any atom is 0.170 e. The number of piperidine rings is 1. The van der Waals surface area contributed by atoms with E-state index in [0.29, 0.717) is 43.7 Å². The quantitative estimate of drug-likeness (QED) is 0.646. The van der Waals surface area contributed by atoms with E-state index in [9.17, 15) is 9.28 Å².